The molecule has 0 aliphatic heterocycles. The van der Waals surface area contributed by atoms with E-state index in [9.17, 15) is 13.2 Å². The van der Waals surface area contributed by atoms with E-state index in [0.717, 1.165) is 18.2 Å². The Bertz CT molecular complexity index is 1470. The maximum atomic E-state index is 15.2. The van der Waals surface area contributed by atoms with Crippen molar-refractivity contribution >= 4 is 21.5 Å². The van der Waals surface area contributed by atoms with Crippen molar-refractivity contribution in [2.45, 2.75) is 0 Å². The first-order chi connectivity index (χ1) is 15.0. The zero-order valence-corrected chi connectivity index (χ0v) is 15.9. The number of hydrogen-bond acceptors (Lipinski definition) is 0. The molecule has 0 saturated heterocycles. The Morgan fingerprint density at radius 2 is 1.06 bits per heavy atom. The van der Waals surface area contributed by atoms with Crippen molar-refractivity contribution in [3.8, 4) is 22.3 Å². The number of rotatable bonds is 2. The summed E-state index contributed by atoms with van der Waals surface area (Å²) in [7, 11) is 0. The largest absolute Gasteiger partial charge is 0.207 e. The van der Waals surface area contributed by atoms with Gasteiger partial charge in [0, 0.05) is 33.5 Å². The predicted molar refractivity (Wildman–Crippen MR) is 112 cm³/mol. The topological polar surface area (TPSA) is 0 Å². The molecule has 0 radical (unpaired) electrons. The van der Waals surface area contributed by atoms with Gasteiger partial charge in [-0.1, -0.05) is 36.4 Å². The Hall–Kier alpha value is -3.73. The van der Waals surface area contributed by atoms with E-state index in [1.807, 2.05) is 0 Å². The monoisotopic (exact) mass is 420 g/mol. The fourth-order valence-corrected chi connectivity index (χ4v) is 4.13. The maximum Gasteiger partial charge on any atom is 0.133 e. The van der Waals surface area contributed by atoms with Crippen LogP contribution in [0.5, 0.6) is 0 Å². The van der Waals surface area contributed by atoms with Crippen LogP contribution >= 0.6 is 0 Å². The van der Waals surface area contributed by atoms with E-state index in [1.165, 1.54) is 24.3 Å². The van der Waals surface area contributed by atoms with Crippen LogP contribution in [0.15, 0.2) is 78.9 Å². The molecule has 0 aliphatic carbocycles. The Kier molecular flexibility index (Phi) is 4.47. The van der Waals surface area contributed by atoms with Gasteiger partial charge in [-0.15, -0.1) is 0 Å². The van der Waals surface area contributed by atoms with Crippen LogP contribution in [0.25, 0.3) is 43.8 Å². The molecule has 0 aliphatic rings. The van der Waals surface area contributed by atoms with Crippen LogP contribution in [-0.2, 0) is 0 Å². The molecule has 0 aromatic heterocycles. The van der Waals surface area contributed by atoms with Crippen molar-refractivity contribution in [3.05, 3.63) is 108 Å². The summed E-state index contributed by atoms with van der Waals surface area (Å²) in [6, 6.07) is 17.3. The van der Waals surface area contributed by atoms with Crippen molar-refractivity contribution in [2.75, 3.05) is 0 Å². The van der Waals surface area contributed by atoms with Gasteiger partial charge in [0.2, 0.25) is 0 Å². The molecular formula is C26H13F5. The first-order valence-electron chi connectivity index (χ1n) is 9.49. The Balaban J connectivity index is 2.10. The molecule has 0 N–H and O–H groups in total. The van der Waals surface area contributed by atoms with Crippen molar-refractivity contribution in [3.63, 3.8) is 0 Å². The predicted octanol–water partition coefficient (Wildman–Crippen LogP) is 8.02. The number of hydrogen-bond donors (Lipinski definition) is 0. The molecule has 5 heteroatoms. The van der Waals surface area contributed by atoms with Gasteiger partial charge in [-0.25, -0.2) is 22.0 Å². The molecule has 0 amide bonds. The molecule has 0 saturated carbocycles. The van der Waals surface area contributed by atoms with E-state index in [0.29, 0.717) is 28.0 Å². The zero-order valence-electron chi connectivity index (χ0n) is 15.9. The number of fused-ring (bicyclic) bond motifs is 2. The molecule has 0 atom stereocenters. The molecule has 5 aromatic rings. The first-order valence-corrected chi connectivity index (χ1v) is 9.49. The van der Waals surface area contributed by atoms with Gasteiger partial charge in [-0.3, -0.25) is 0 Å². The summed E-state index contributed by atoms with van der Waals surface area (Å²) in [6.45, 7) is 0. The van der Waals surface area contributed by atoms with Crippen LogP contribution in [-0.4, -0.2) is 0 Å². The minimum Gasteiger partial charge on any atom is -0.207 e. The van der Waals surface area contributed by atoms with Crippen LogP contribution in [0.4, 0.5) is 22.0 Å². The van der Waals surface area contributed by atoms with Gasteiger partial charge in [0.25, 0.3) is 0 Å². The lowest BCUT2D eigenvalue weighted by Crippen LogP contribution is -1.97. The van der Waals surface area contributed by atoms with Gasteiger partial charge in [0.1, 0.15) is 29.1 Å². The van der Waals surface area contributed by atoms with E-state index < -0.39 is 29.1 Å². The van der Waals surface area contributed by atoms with Gasteiger partial charge < -0.3 is 0 Å². The van der Waals surface area contributed by atoms with Gasteiger partial charge >= 0.3 is 0 Å². The van der Waals surface area contributed by atoms with Crippen LogP contribution in [0.1, 0.15) is 0 Å². The minimum absolute atomic E-state index is 0.0409. The van der Waals surface area contributed by atoms with Gasteiger partial charge in [-0.2, -0.15) is 0 Å². The summed E-state index contributed by atoms with van der Waals surface area (Å²) < 4.78 is 73.0. The molecule has 0 nitrogen and oxygen atoms in total. The van der Waals surface area contributed by atoms with Gasteiger partial charge in [-0.05, 0) is 52.7 Å². The Morgan fingerprint density at radius 3 is 1.74 bits per heavy atom. The summed E-state index contributed by atoms with van der Waals surface area (Å²) in [5.74, 6) is -3.80. The number of halogens is 5. The minimum atomic E-state index is -0.928. The second kappa shape index (κ2) is 7.20. The maximum absolute atomic E-state index is 15.2. The van der Waals surface area contributed by atoms with Crippen LogP contribution in [0, 0.1) is 29.1 Å². The van der Waals surface area contributed by atoms with E-state index in [-0.39, 0.29) is 21.9 Å². The van der Waals surface area contributed by atoms with Crippen molar-refractivity contribution < 1.29 is 22.0 Å². The van der Waals surface area contributed by atoms with Crippen LogP contribution < -0.4 is 0 Å². The summed E-state index contributed by atoms with van der Waals surface area (Å²) in [5.41, 5.74) is 0.790. The molecule has 0 bridgehead atoms. The Morgan fingerprint density at radius 1 is 0.452 bits per heavy atom. The average molecular weight is 420 g/mol. The first kappa shape index (κ1) is 19.2. The van der Waals surface area contributed by atoms with Crippen molar-refractivity contribution in [1.29, 1.82) is 0 Å². The van der Waals surface area contributed by atoms with Gasteiger partial charge in [0.15, 0.2) is 0 Å². The molecule has 0 fully saturated rings. The van der Waals surface area contributed by atoms with E-state index in [4.69, 9.17) is 0 Å². The Labute approximate surface area is 174 Å². The van der Waals surface area contributed by atoms with Gasteiger partial charge in [0.05, 0.1) is 0 Å². The van der Waals surface area contributed by atoms with E-state index in [2.05, 4.69) is 0 Å². The third-order valence-electron chi connectivity index (χ3n) is 5.39. The average Bonchev–Trinajstić information content (AvgIpc) is 2.76. The fourth-order valence-electron chi connectivity index (χ4n) is 4.13. The summed E-state index contributed by atoms with van der Waals surface area (Å²) in [4.78, 5) is 0. The molecular weight excluding hydrogens is 407 g/mol. The van der Waals surface area contributed by atoms with Crippen LogP contribution in [0.3, 0.4) is 0 Å². The normalized spacial score (nSPS) is 11.4. The smallest absolute Gasteiger partial charge is 0.133 e. The highest BCUT2D eigenvalue weighted by atomic mass is 19.1. The van der Waals surface area contributed by atoms with E-state index in [1.54, 1.807) is 30.3 Å². The molecule has 152 valence electrons. The summed E-state index contributed by atoms with van der Waals surface area (Å²) in [5, 5.41) is 0.371. The van der Waals surface area contributed by atoms with Crippen LogP contribution in [0.2, 0.25) is 0 Å². The third-order valence-corrected chi connectivity index (χ3v) is 5.39. The standard InChI is InChI=1S/C26H13F5/c27-15-6-8-17-19(12-15)23(14-4-2-1-3-5-14)25-20(29)10-11-21(30)26(25)24(17)18-9-7-16(28)13-22(18)31/h1-13H. The quantitative estimate of drug-likeness (QED) is 0.200. The molecule has 0 heterocycles. The molecule has 5 aromatic carbocycles. The van der Waals surface area contributed by atoms with Crippen molar-refractivity contribution in [2.24, 2.45) is 0 Å². The fraction of sp³-hybridized carbons (Fsp3) is 0. The lowest BCUT2D eigenvalue weighted by atomic mass is 9.85. The third kappa shape index (κ3) is 3.05. The second-order valence-electron chi connectivity index (χ2n) is 7.21. The summed E-state index contributed by atoms with van der Waals surface area (Å²) >= 11 is 0. The van der Waals surface area contributed by atoms with Crippen molar-refractivity contribution in [1.82, 2.24) is 0 Å². The number of benzene rings is 5. The highest BCUT2D eigenvalue weighted by Crippen LogP contribution is 2.46. The highest BCUT2D eigenvalue weighted by molar-refractivity contribution is 6.21. The molecule has 0 spiro atoms. The molecule has 0 unspecified atom stereocenters. The molecule has 5 rings (SSSR count). The SMILES string of the molecule is Fc1ccc(-c2c3ccc(F)cc3c(-c3ccccc3)c3c(F)ccc(F)c23)c(F)c1. The zero-order chi connectivity index (χ0) is 21.7. The lowest BCUT2D eigenvalue weighted by Gasteiger charge is -2.19. The second-order valence-corrected chi connectivity index (χ2v) is 7.21. The van der Waals surface area contributed by atoms with E-state index >= 15 is 8.78 Å². The summed E-state index contributed by atoms with van der Waals surface area (Å²) in [6.07, 6.45) is 0. The highest BCUT2D eigenvalue weighted by Gasteiger charge is 2.23. The lowest BCUT2D eigenvalue weighted by molar-refractivity contribution is 0.585. The molecule has 31 heavy (non-hydrogen) atoms.